The van der Waals surface area contributed by atoms with Gasteiger partial charge in [-0.1, -0.05) is 0 Å². The van der Waals surface area contributed by atoms with Crippen LogP contribution in [0.25, 0.3) is 5.73 Å². The normalized spacial score (nSPS) is 35.1. The van der Waals surface area contributed by atoms with Crippen molar-refractivity contribution in [3.8, 4) is 0 Å². The van der Waals surface area contributed by atoms with Gasteiger partial charge >= 0.3 is 0 Å². The number of rotatable bonds is 2. The van der Waals surface area contributed by atoms with E-state index in [2.05, 4.69) is 4.90 Å². The van der Waals surface area contributed by atoms with Crippen LogP contribution >= 0.6 is 0 Å². The molecule has 1 saturated heterocycles. The van der Waals surface area contributed by atoms with E-state index in [0.29, 0.717) is 5.92 Å². The van der Waals surface area contributed by atoms with Gasteiger partial charge in [0.2, 0.25) is 0 Å². The number of nitrogens with zero attached hydrogens (tertiary/aromatic N) is 1. The molecule has 2 N–H and O–H groups in total. The summed E-state index contributed by atoms with van der Waals surface area (Å²) in [5, 5.41) is 8.63. The van der Waals surface area contributed by atoms with Crippen molar-refractivity contribution in [2.24, 2.45) is 5.92 Å². The van der Waals surface area contributed by atoms with E-state index in [1.165, 1.54) is 0 Å². The van der Waals surface area contributed by atoms with E-state index in [1.54, 1.807) is 0 Å². The Balaban J connectivity index is 2.31. The van der Waals surface area contributed by atoms with Gasteiger partial charge in [-0.2, -0.15) is 0 Å². The van der Waals surface area contributed by atoms with Gasteiger partial charge in [0.15, 0.2) is 0 Å². The van der Waals surface area contributed by atoms with E-state index in [4.69, 9.17) is 10.8 Å². The average Bonchev–Trinajstić information content (AvgIpc) is 2.13. The summed E-state index contributed by atoms with van der Waals surface area (Å²) < 4.78 is 0. The van der Waals surface area contributed by atoms with Gasteiger partial charge in [0.1, 0.15) is 0 Å². The van der Waals surface area contributed by atoms with E-state index in [9.17, 15) is 0 Å². The highest BCUT2D eigenvalue weighted by atomic mass is 16.3. The monoisotopic (exact) mass is 143 g/mol. The zero-order valence-corrected chi connectivity index (χ0v) is 6.38. The second-order valence-electron chi connectivity index (χ2n) is 3.10. The third kappa shape index (κ3) is 1.68. The zero-order chi connectivity index (χ0) is 7.56. The zero-order valence-electron chi connectivity index (χ0n) is 6.38. The Morgan fingerprint density at radius 2 is 2.30 bits per heavy atom. The van der Waals surface area contributed by atoms with Gasteiger partial charge in [-0.3, -0.25) is 0 Å². The van der Waals surface area contributed by atoms with Gasteiger partial charge in [-0.15, -0.1) is 6.04 Å². The minimum Gasteiger partial charge on any atom is -0.673 e. The van der Waals surface area contributed by atoms with Crippen molar-refractivity contribution in [2.45, 2.75) is 12.5 Å². The van der Waals surface area contributed by atoms with Gasteiger partial charge in [0, 0.05) is 6.61 Å². The summed E-state index contributed by atoms with van der Waals surface area (Å²) in [6, 6.07) is 0.0251. The molecule has 0 radical (unpaired) electrons. The van der Waals surface area contributed by atoms with Crippen LogP contribution in [0.15, 0.2) is 0 Å². The Kier molecular flexibility index (Phi) is 2.65. The molecule has 1 heterocycles. The van der Waals surface area contributed by atoms with Crippen molar-refractivity contribution >= 4 is 0 Å². The van der Waals surface area contributed by atoms with Crippen molar-refractivity contribution in [3.05, 3.63) is 5.73 Å². The van der Waals surface area contributed by atoms with Crippen LogP contribution in [0.2, 0.25) is 0 Å². The number of aliphatic hydroxyl groups excluding tert-OH is 1. The SMILES string of the molecule is CN1CC([NH-])C(CCO)C1. The van der Waals surface area contributed by atoms with Crippen LogP contribution in [0.4, 0.5) is 0 Å². The molecule has 1 aliphatic rings. The molecule has 1 aliphatic heterocycles. The van der Waals surface area contributed by atoms with E-state index >= 15 is 0 Å². The maximum absolute atomic E-state index is 8.63. The topological polar surface area (TPSA) is 47.3 Å². The third-order valence-electron chi connectivity index (χ3n) is 2.12. The first-order chi connectivity index (χ1) is 4.74. The first-order valence-corrected chi connectivity index (χ1v) is 3.74. The fraction of sp³-hybridized carbons (Fsp3) is 1.00. The molecule has 2 unspecified atom stereocenters. The van der Waals surface area contributed by atoms with E-state index < -0.39 is 0 Å². The standard InChI is InChI=1S/C7H15N2O/c1-9-4-6(2-3-10)7(8)5-9/h6-8,10H,2-5H2,1H3/q-1. The largest absolute Gasteiger partial charge is 0.673 e. The molecular formula is C7H15N2O-. The predicted molar refractivity (Wildman–Crippen MR) is 40.8 cm³/mol. The lowest BCUT2D eigenvalue weighted by molar-refractivity contribution is 0.255. The summed E-state index contributed by atoms with van der Waals surface area (Å²) in [5.74, 6) is 0.398. The molecule has 1 fully saturated rings. The van der Waals surface area contributed by atoms with E-state index in [1.807, 2.05) is 7.05 Å². The summed E-state index contributed by atoms with van der Waals surface area (Å²) in [6.45, 7) is 2.08. The quantitative estimate of drug-likeness (QED) is 0.606. The molecule has 60 valence electrons. The summed E-state index contributed by atoms with van der Waals surface area (Å²) in [4.78, 5) is 2.15. The smallest absolute Gasteiger partial charge is 0.0433 e. The first-order valence-electron chi connectivity index (χ1n) is 3.74. The predicted octanol–water partition coefficient (Wildman–Crippen LogP) is 0.351. The molecule has 0 bridgehead atoms. The van der Waals surface area contributed by atoms with Gasteiger partial charge in [0.05, 0.1) is 0 Å². The molecular weight excluding hydrogens is 128 g/mol. The second-order valence-corrected chi connectivity index (χ2v) is 3.10. The van der Waals surface area contributed by atoms with Gasteiger partial charge < -0.3 is 15.7 Å². The first kappa shape index (κ1) is 7.98. The molecule has 2 atom stereocenters. The Hall–Kier alpha value is -0.120. The van der Waals surface area contributed by atoms with Crippen molar-refractivity contribution in [1.29, 1.82) is 0 Å². The van der Waals surface area contributed by atoms with Crippen molar-refractivity contribution in [1.82, 2.24) is 4.90 Å². The van der Waals surface area contributed by atoms with Gasteiger partial charge in [0.25, 0.3) is 0 Å². The van der Waals surface area contributed by atoms with Crippen LogP contribution in [0.5, 0.6) is 0 Å². The summed E-state index contributed by atoms with van der Waals surface area (Å²) in [7, 11) is 2.03. The number of nitrogens with one attached hydrogen (secondary N) is 1. The molecule has 1 rings (SSSR count). The van der Waals surface area contributed by atoms with Gasteiger partial charge in [-0.25, -0.2) is 0 Å². The molecule has 0 aliphatic carbocycles. The Labute approximate surface area is 61.8 Å². The number of likely N-dealkylation sites (tertiary alicyclic amines) is 1. The van der Waals surface area contributed by atoms with Gasteiger partial charge in [-0.05, 0) is 32.5 Å². The molecule has 0 spiro atoms. The maximum Gasteiger partial charge on any atom is 0.0433 e. The highest BCUT2D eigenvalue weighted by Gasteiger charge is 2.21. The molecule has 0 aromatic rings. The Morgan fingerprint density at radius 3 is 2.70 bits per heavy atom. The molecule has 0 aromatic carbocycles. The molecule has 10 heavy (non-hydrogen) atoms. The van der Waals surface area contributed by atoms with Crippen LogP contribution in [-0.2, 0) is 0 Å². The second kappa shape index (κ2) is 3.32. The lowest BCUT2D eigenvalue weighted by Crippen LogP contribution is -2.14. The lowest BCUT2D eigenvalue weighted by Gasteiger charge is -2.19. The van der Waals surface area contributed by atoms with Crippen LogP contribution < -0.4 is 0 Å². The molecule has 0 saturated carbocycles. The molecule has 0 amide bonds. The highest BCUT2D eigenvalue weighted by Crippen LogP contribution is 2.20. The fourth-order valence-corrected chi connectivity index (χ4v) is 1.55. The van der Waals surface area contributed by atoms with Crippen molar-refractivity contribution in [2.75, 3.05) is 26.7 Å². The summed E-state index contributed by atoms with van der Waals surface area (Å²) in [6.07, 6.45) is 0.790. The minimum atomic E-state index is 0.0251. The van der Waals surface area contributed by atoms with Crippen LogP contribution in [0, 0.1) is 5.92 Å². The van der Waals surface area contributed by atoms with Crippen molar-refractivity contribution in [3.63, 3.8) is 0 Å². The van der Waals surface area contributed by atoms with Crippen LogP contribution in [0.3, 0.4) is 0 Å². The van der Waals surface area contributed by atoms with E-state index in [0.717, 1.165) is 19.5 Å². The number of hydrogen-bond donors (Lipinski definition) is 1. The van der Waals surface area contributed by atoms with Crippen LogP contribution in [0.1, 0.15) is 6.42 Å². The fourth-order valence-electron chi connectivity index (χ4n) is 1.55. The third-order valence-corrected chi connectivity index (χ3v) is 2.12. The number of hydrogen-bond acceptors (Lipinski definition) is 2. The number of aliphatic hydroxyl groups is 1. The van der Waals surface area contributed by atoms with Crippen LogP contribution in [-0.4, -0.2) is 42.8 Å². The van der Waals surface area contributed by atoms with E-state index in [-0.39, 0.29) is 12.6 Å². The lowest BCUT2D eigenvalue weighted by atomic mass is 10.0. The Morgan fingerprint density at radius 1 is 1.60 bits per heavy atom. The number of likely N-dealkylation sites (N-methyl/N-ethyl adjacent to an activating group) is 1. The minimum absolute atomic E-state index is 0.0251. The average molecular weight is 143 g/mol. The molecule has 3 heteroatoms. The molecule has 3 nitrogen and oxygen atoms in total. The summed E-state index contributed by atoms with van der Waals surface area (Å²) in [5.41, 5.74) is 7.57. The van der Waals surface area contributed by atoms with Crippen molar-refractivity contribution < 1.29 is 5.11 Å². The maximum atomic E-state index is 8.63. The highest BCUT2D eigenvalue weighted by molar-refractivity contribution is 4.91. The Bertz CT molecular complexity index is 108. The summed E-state index contributed by atoms with van der Waals surface area (Å²) >= 11 is 0. The molecule has 0 aromatic heterocycles.